The number of hydrogen-bond acceptors (Lipinski definition) is 3. The minimum atomic E-state index is -4.55. The Labute approximate surface area is 174 Å². The van der Waals surface area contributed by atoms with Gasteiger partial charge in [0, 0.05) is 28.5 Å². The minimum absolute atomic E-state index is 0.0285. The van der Waals surface area contributed by atoms with Gasteiger partial charge in [-0.3, -0.25) is 14.2 Å². The Morgan fingerprint density at radius 1 is 1.27 bits per heavy atom. The Balaban J connectivity index is 1.63. The molecule has 0 radical (unpaired) electrons. The fourth-order valence-corrected chi connectivity index (χ4v) is 3.01. The summed E-state index contributed by atoms with van der Waals surface area (Å²) in [5.74, 6) is -1.35. The van der Waals surface area contributed by atoms with Crippen LogP contribution in [0, 0.1) is 18.7 Å². The van der Waals surface area contributed by atoms with Crippen molar-refractivity contribution in [3.63, 3.8) is 0 Å². The third-order valence-electron chi connectivity index (χ3n) is 4.44. The molecular weight excluding hydrogens is 426 g/mol. The summed E-state index contributed by atoms with van der Waals surface area (Å²) in [5.41, 5.74) is -0.436. The van der Waals surface area contributed by atoms with Crippen molar-refractivity contribution in [3.05, 3.63) is 64.3 Å². The summed E-state index contributed by atoms with van der Waals surface area (Å²) in [6.07, 6.45) is -2.99. The van der Waals surface area contributed by atoms with Gasteiger partial charge in [-0.1, -0.05) is 24.6 Å². The van der Waals surface area contributed by atoms with Crippen LogP contribution in [0.4, 0.5) is 23.4 Å². The highest BCUT2D eigenvalue weighted by Gasteiger charge is 2.34. The molecule has 11 heteroatoms. The number of rotatable bonds is 6. The predicted octanol–water partition coefficient (Wildman–Crippen LogP) is 4.52. The number of alkyl halides is 3. The number of nitrogens with zero attached hydrogens (tertiary/aromatic N) is 4. The minimum Gasteiger partial charge on any atom is -0.309 e. The maximum absolute atomic E-state index is 13.9. The number of hydrogen-bond donors (Lipinski definition) is 1. The van der Waals surface area contributed by atoms with E-state index in [0.717, 1.165) is 10.7 Å². The van der Waals surface area contributed by atoms with E-state index in [0.29, 0.717) is 5.69 Å². The lowest BCUT2D eigenvalue weighted by Gasteiger charge is -2.12. The SMILES string of the molecule is Cc1cc(C(F)(F)F)nn1CC(C)C(=O)Nc1ccn(Cc2c(F)cccc2Cl)n1. The first-order valence-corrected chi connectivity index (χ1v) is 9.31. The van der Waals surface area contributed by atoms with Gasteiger partial charge in [0.15, 0.2) is 11.5 Å². The number of nitrogens with one attached hydrogen (secondary N) is 1. The van der Waals surface area contributed by atoms with Crippen molar-refractivity contribution in [2.75, 3.05) is 5.32 Å². The number of amides is 1. The molecule has 1 amide bonds. The molecule has 160 valence electrons. The van der Waals surface area contributed by atoms with E-state index in [1.54, 1.807) is 19.2 Å². The van der Waals surface area contributed by atoms with Gasteiger partial charge >= 0.3 is 6.18 Å². The van der Waals surface area contributed by atoms with E-state index in [-0.39, 0.29) is 29.5 Å². The van der Waals surface area contributed by atoms with Gasteiger partial charge in [-0.2, -0.15) is 23.4 Å². The zero-order valence-corrected chi connectivity index (χ0v) is 16.8. The Morgan fingerprint density at radius 3 is 2.63 bits per heavy atom. The van der Waals surface area contributed by atoms with E-state index >= 15 is 0 Å². The van der Waals surface area contributed by atoms with Crippen molar-refractivity contribution in [1.29, 1.82) is 0 Å². The monoisotopic (exact) mass is 443 g/mol. The molecule has 0 saturated carbocycles. The molecule has 0 fully saturated rings. The molecule has 0 saturated heterocycles. The average Bonchev–Trinajstić information content (AvgIpc) is 3.25. The Bertz CT molecular complexity index is 1040. The summed E-state index contributed by atoms with van der Waals surface area (Å²) < 4.78 is 54.8. The van der Waals surface area contributed by atoms with Crippen molar-refractivity contribution in [3.8, 4) is 0 Å². The summed E-state index contributed by atoms with van der Waals surface area (Å²) in [7, 11) is 0. The van der Waals surface area contributed by atoms with E-state index in [9.17, 15) is 22.4 Å². The second-order valence-corrected chi connectivity index (χ2v) is 7.25. The summed E-state index contributed by atoms with van der Waals surface area (Å²) >= 11 is 6.00. The molecule has 1 atom stereocenters. The van der Waals surface area contributed by atoms with Crippen molar-refractivity contribution in [2.45, 2.75) is 33.1 Å². The van der Waals surface area contributed by atoms with Crippen molar-refractivity contribution in [2.24, 2.45) is 5.92 Å². The van der Waals surface area contributed by atoms with E-state index in [1.165, 1.54) is 29.8 Å². The van der Waals surface area contributed by atoms with E-state index in [2.05, 4.69) is 15.5 Å². The second kappa shape index (κ2) is 8.47. The molecule has 6 nitrogen and oxygen atoms in total. The lowest BCUT2D eigenvalue weighted by molar-refractivity contribution is -0.141. The normalized spacial score (nSPS) is 12.8. The first-order valence-electron chi connectivity index (χ1n) is 8.93. The zero-order valence-electron chi connectivity index (χ0n) is 16.0. The Hall–Kier alpha value is -2.88. The van der Waals surface area contributed by atoms with Crippen LogP contribution < -0.4 is 5.32 Å². The molecular formula is C19H18ClF4N5O. The molecule has 2 aromatic heterocycles. The van der Waals surface area contributed by atoms with Crippen LogP contribution in [0.15, 0.2) is 36.5 Å². The van der Waals surface area contributed by atoms with Crippen LogP contribution in [0.5, 0.6) is 0 Å². The van der Waals surface area contributed by atoms with Gasteiger partial charge in [0.25, 0.3) is 0 Å². The van der Waals surface area contributed by atoms with E-state index in [4.69, 9.17) is 11.6 Å². The third kappa shape index (κ3) is 4.99. The number of aryl methyl sites for hydroxylation is 1. The van der Waals surface area contributed by atoms with Gasteiger partial charge in [0.05, 0.1) is 19.0 Å². The van der Waals surface area contributed by atoms with Crippen LogP contribution in [0.3, 0.4) is 0 Å². The Morgan fingerprint density at radius 2 is 2.00 bits per heavy atom. The number of aromatic nitrogens is 4. The largest absolute Gasteiger partial charge is 0.435 e. The fraction of sp³-hybridized carbons (Fsp3) is 0.316. The van der Waals surface area contributed by atoms with Crippen molar-refractivity contribution < 1.29 is 22.4 Å². The molecule has 30 heavy (non-hydrogen) atoms. The lowest BCUT2D eigenvalue weighted by atomic mass is 10.1. The third-order valence-corrected chi connectivity index (χ3v) is 4.79. The van der Waals surface area contributed by atoms with E-state index in [1.807, 2.05) is 0 Å². The van der Waals surface area contributed by atoms with Crippen LogP contribution in [-0.4, -0.2) is 25.5 Å². The molecule has 0 aliphatic heterocycles. The van der Waals surface area contributed by atoms with Crippen molar-refractivity contribution >= 4 is 23.3 Å². The lowest BCUT2D eigenvalue weighted by Crippen LogP contribution is -2.25. The molecule has 0 aliphatic rings. The molecule has 2 heterocycles. The second-order valence-electron chi connectivity index (χ2n) is 6.84. The van der Waals surface area contributed by atoms with Crippen LogP contribution in [-0.2, 0) is 24.1 Å². The first kappa shape index (κ1) is 21.8. The highest BCUT2D eigenvalue weighted by molar-refractivity contribution is 6.31. The van der Waals surface area contributed by atoms with Gasteiger partial charge in [0.1, 0.15) is 5.82 Å². The van der Waals surface area contributed by atoms with E-state index < -0.39 is 29.5 Å². The highest BCUT2D eigenvalue weighted by atomic mass is 35.5. The smallest absolute Gasteiger partial charge is 0.309 e. The molecule has 3 rings (SSSR count). The molecule has 1 unspecified atom stereocenters. The molecule has 1 N–H and O–H groups in total. The van der Waals surface area contributed by atoms with Gasteiger partial charge in [0.2, 0.25) is 5.91 Å². The summed E-state index contributed by atoms with van der Waals surface area (Å²) in [6.45, 7) is 3.10. The Kier molecular flexibility index (Phi) is 6.16. The predicted molar refractivity (Wildman–Crippen MR) is 102 cm³/mol. The maximum Gasteiger partial charge on any atom is 0.435 e. The number of benzene rings is 1. The van der Waals surface area contributed by atoms with Crippen LogP contribution in [0.25, 0.3) is 0 Å². The van der Waals surface area contributed by atoms with Crippen LogP contribution >= 0.6 is 11.6 Å². The number of anilines is 1. The van der Waals surface area contributed by atoms with Crippen LogP contribution in [0.1, 0.15) is 23.9 Å². The van der Waals surface area contributed by atoms with Crippen LogP contribution in [0.2, 0.25) is 5.02 Å². The standard InChI is InChI=1S/C19H18ClF4N5O/c1-11(9-29-12(2)8-16(26-29)19(22,23)24)18(30)25-17-6-7-28(27-17)10-13-14(20)4-3-5-15(13)21/h3-8,11H,9-10H2,1-2H3,(H,25,27,30). The summed E-state index contributed by atoms with van der Waals surface area (Å²) in [5, 5.41) is 10.5. The van der Waals surface area contributed by atoms with Gasteiger partial charge in [-0.15, -0.1) is 0 Å². The number of carbonyl (C=O) groups excluding carboxylic acids is 1. The number of carbonyl (C=O) groups is 1. The summed E-state index contributed by atoms with van der Waals surface area (Å²) in [6, 6.07) is 6.81. The molecule has 0 aliphatic carbocycles. The van der Waals surface area contributed by atoms with Gasteiger partial charge < -0.3 is 5.32 Å². The highest BCUT2D eigenvalue weighted by Crippen LogP contribution is 2.28. The van der Waals surface area contributed by atoms with Gasteiger partial charge in [-0.05, 0) is 25.1 Å². The molecule has 0 spiro atoms. The molecule has 0 bridgehead atoms. The average molecular weight is 444 g/mol. The molecule has 3 aromatic rings. The fourth-order valence-electron chi connectivity index (χ4n) is 2.79. The zero-order chi connectivity index (χ0) is 22.1. The van der Waals surface area contributed by atoms with Crippen molar-refractivity contribution in [1.82, 2.24) is 19.6 Å². The molecule has 1 aromatic carbocycles. The topological polar surface area (TPSA) is 64.7 Å². The summed E-state index contributed by atoms with van der Waals surface area (Å²) in [4.78, 5) is 12.4. The quantitative estimate of drug-likeness (QED) is 0.570. The first-order chi connectivity index (χ1) is 14.0. The number of halogens is 5. The maximum atomic E-state index is 13.9. The van der Waals surface area contributed by atoms with Gasteiger partial charge in [-0.25, -0.2) is 4.39 Å².